The van der Waals surface area contributed by atoms with E-state index in [-0.39, 0.29) is 10.7 Å². The van der Waals surface area contributed by atoms with E-state index in [1.165, 1.54) is 0 Å². The van der Waals surface area contributed by atoms with Gasteiger partial charge in [0, 0.05) is 5.69 Å². The first-order valence-electron chi connectivity index (χ1n) is 6.69. The lowest BCUT2D eigenvalue weighted by Gasteiger charge is -2.18. The molecule has 6 nitrogen and oxygen atoms in total. The molecule has 21 heavy (non-hydrogen) atoms. The van der Waals surface area contributed by atoms with Crippen LogP contribution in [0.2, 0.25) is 0 Å². The normalized spacial score (nSPS) is 14.4. The molecule has 1 aromatic carbocycles. The number of aryl methyl sites for hydroxylation is 3. The average molecular weight is 308 g/mol. The molecule has 0 amide bonds. The number of rotatable bonds is 3. The number of anilines is 1. The molecule has 0 saturated heterocycles. The Hall–Kier alpha value is -2.02. The lowest BCUT2D eigenvalue weighted by molar-refractivity contribution is 0.288. The third-order valence-electron chi connectivity index (χ3n) is 3.40. The molecule has 7 heteroatoms. The molecule has 3 rings (SSSR count). The van der Waals surface area contributed by atoms with E-state index in [0.717, 1.165) is 24.2 Å². The van der Waals surface area contributed by atoms with Gasteiger partial charge in [-0.25, -0.2) is 8.42 Å². The quantitative estimate of drug-likeness (QED) is 0.941. The van der Waals surface area contributed by atoms with Crippen LogP contribution in [0.3, 0.4) is 0 Å². The Bertz CT molecular complexity index is 761. The van der Waals surface area contributed by atoms with Gasteiger partial charge in [0.25, 0.3) is 10.0 Å². The van der Waals surface area contributed by atoms with E-state index in [2.05, 4.69) is 9.88 Å². The Balaban J connectivity index is 1.93. The van der Waals surface area contributed by atoms with Crippen LogP contribution in [-0.2, 0) is 16.4 Å². The smallest absolute Gasteiger partial charge is 0.267 e. The Morgan fingerprint density at radius 1 is 1.29 bits per heavy atom. The van der Waals surface area contributed by atoms with Gasteiger partial charge in [-0.1, -0.05) is 5.16 Å². The number of hydrogen-bond acceptors (Lipinski definition) is 5. The molecule has 0 atom stereocenters. The number of sulfonamides is 1. The lowest BCUT2D eigenvalue weighted by atomic mass is 10.1. The lowest BCUT2D eigenvalue weighted by Crippen LogP contribution is -2.15. The van der Waals surface area contributed by atoms with E-state index < -0.39 is 10.0 Å². The number of hydrogen-bond donors (Lipinski definition) is 1. The van der Waals surface area contributed by atoms with Gasteiger partial charge in [0.15, 0.2) is 10.7 Å². The third-order valence-corrected chi connectivity index (χ3v) is 5.02. The summed E-state index contributed by atoms with van der Waals surface area (Å²) in [5.41, 5.74) is 1.88. The number of aromatic nitrogens is 1. The molecule has 1 aliphatic heterocycles. The molecule has 0 fully saturated rings. The van der Waals surface area contributed by atoms with Crippen LogP contribution < -0.4 is 9.46 Å². The zero-order valence-electron chi connectivity index (χ0n) is 11.8. The van der Waals surface area contributed by atoms with Gasteiger partial charge < -0.3 is 9.26 Å². The van der Waals surface area contributed by atoms with Crippen LogP contribution >= 0.6 is 0 Å². The molecule has 0 bridgehead atoms. The second-order valence-corrected chi connectivity index (χ2v) is 6.65. The van der Waals surface area contributed by atoms with Crippen LogP contribution in [-0.4, -0.2) is 20.2 Å². The Morgan fingerprint density at radius 3 is 2.81 bits per heavy atom. The third kappa shape index (κ3) is 2.61. The van der Waals surface area contributed by atoms with E-state index in [4.69, 9.17) is 9.26 Å². The second-order valence-electron chi connectivity index (χ2n) is 5.03. The largest absolute Gasteiger partial charge is 0.493 e. The number of nitrogens with zero attached hydrogens (tertiary/aromatic N) is 1. The fraction of sp³-hybridized carbons (Fsp3) is 0.357. The molecule has 1 aliphatic rings. The van der Waals surface area contributed by atoms with Crippen molar-refractivity contribution in [1.82, 2.24) is 5.16 Å². The van der Waals surface area contributed by atoms with Crippen LogP contribution in [0.15, 0.2) is 27.6 Å². The van der Waals surface area contributed by atoms with Crippen molar-refractivity contribution in [1.29, 1.82) is 0 Å². The van der Waals surface area contributed by atoms with Gasteiger partial charge in [-0.05, 0) is 50.5 Å². The van der Waals surface area contributed by atoms with Gasteiger partial charge >= 0.3 is 0 Å². The van der Waals surface area contributed by atoms with Crippen molar-refractivity contribution in [2.45, 2.75) is 31.6 Å². The number of fused-ring (bicyclic) bond motifs is 1. The van der Waals surface area contributed by atoms with Crippen molar-refractivity contribution in [2.75, 3.05) is 11.3 Å². The first kappa shape index (κ1) is 13.9. The molecule has 0 aliphatic carbocycles. The summed E-state index contributed by atoms with van der Waals surface area (Å²) >= 11 is 0. The maximum absolute atomic E-state index is 12.4. The summed E-state index contributed by atoms with van der Waals surface area (Å²) in [5, 5.41) is 3.68. The van der Waals surface area contributed by atoms with Crippen molar-refractivity contribution in [2.24, 2.45) is 0 Å². The molecule has 2 heterocycles. The van der Waals surface area contributed by atoms with Crippen molar-refractivity contribution in [3.8, 4) is 5.75 Å². The summed E-state index contributed by atoms with van der Waals surface area (Å²) in [6.45, 7) is 3.89. The number of benzene rings is 1. The maximum atomic E-state index is 12.4. The molecule has 0 saturated carbocycles. The average Bonchev–Trinajstić information content (AvgIpc) is 2.78. The molecule has 112 valence electrons. The highest BCUT2D eigenvalue weighted by atomic mass is 32.2. The Labute approximate surface area is 123 Å². The predicted molar refractivity (Wildman–Crippen MR) is 77.0 cm³/mol. The van der Waals surface area contributed by atoms with Gasteiger partial charge in [0.1, 0.15) is 11.4 Å². The first-order chi connectivity index (χ1) is 9.97. The molecule has 0 radical (unpaired) electrons. The summed E-state index contributed by atoms with van der Waals surface area (Å²) in [6, 6.07) is 5.30. The van der Waals surface area contributed by atoms with Crippen LogP contribution in [0.25, 0.3) is 0 Å². The zero-order chi connectivity index (χ0) is 15.0. The van der Waals surface area contributed by atoms with Crippen molar-refractivity contribution < 1.29 is 17.7 Å². The fourth-order valence-electron chi connectivity index (χ4n) is 2.49. The van der Waals surface area contributed by atoms with Crippen LogP contribution in [0.5, 0.6) is 5.75 Å². The van der Waals surface area contributed by atoms with Gasteiger partial charge in [-0.15, -0.1) is 0 Å². The van der Waals surface area contributed by atoms with Crippen molar-refractivity contribution in [3.63, 3.8) is 0 Å². The summed E-state index contributed by atoms with van der Waals surface area (Å²) < 4.78 is 37.9. The topological polar surface area (TPSA) is 81.4 Å². The standard InChI is InChI=1S/C14H16N2O4S/c1-9-14(10(2)20-15-9)21(17,18)16-12-5-6-13-11(8-12)4-3-7-19-13/h5-6,8,16H,3-4,7H2,1-2H3. The highest BCUT2D eigenvalue weighted by Gasteiger charge is 2.24. The summed E-state index contributed by atoms with van der Waals surface area (Å²) in [7, 11) is -3.70. The van der Waals surface area contributed by atoms with Gasteiger partial charge in [0.2, 0.25) is 0 Å². The zero-order valence-corrected chi connectivity index (χ0v) is 12.7. The fourth-order valence-corrected chi connectivity index (χ4v) is 3.87. The summed E-state index contributed by atoms with van der Waals surface area (Å²) in [4.78, 5) is 0.0940. The van der Waals surface area contributed by atoms with E-state index in [1.54, 1.807) is 26.0 Å². The second kappa shape index (κ2) is 5.07. The van der Waals surface area contributed by atoms with Crippen LogP contribution in [0, 0.1) is 13.8 Å². The van der Waals surface area contributed by atoms with Crippen LogP contribution in [0.1, 0.15) is 23.4 Å². The summed E-state index contributed by atoms with van der Waals surface area (Å²) in [6.07, 6.45) is 1.82. The van der Waals surface area contributed by atoms with E-state index in [0.29, 0.717) is 18.0 Å². The maximum Gasteiger partial charge on any atom is 0.267 e. The monoisotopic (exact) mass is 308 g/mol. The molecular weight excluding hydrogens is 292 g/mol. The minimum Gasteiger partial charge on any atom is -0.493 e. The molecule has 1 N–H and O–H groups in total. The Morgan fingerprint density at radius 2 is 2.10 bits per heavy atom. The van der Waals surface area contributed by atoms with E-state index in [9.17, 15) is 8.42 Å². The van der Waals surface area contributed by atoms with E-state index >= 15 is 0 Å². The van der Waals surface area contributed by atoms with E-state index in [1.807, 2.05) is 6.07 Å². The minimum atomic E-state index is -3.70. The van der Waals surface area contributed by atoms with Gasteiger partial charge in [-0.3, -0.25) is 4.72 Å². The van der Waals surface area contributed by atoms with Gasteiger partial charge in [-0.2, -0.15) is 0 Å². The molecule has 1 aromatic heterocycles. The first-order valence-corrected chi connectivity index (χ1v) is 8.17. The van der Waals surface area contributed by atoms with Crippen molar-refractivity contribution in [3.05, 3.63) is 35.2 Å². The van der Waals surface area contributed by atoms with Crippen LogP contribution in [0.4, 0.5) is 5.69 Å². The number of ether oxygens (including phenoxy) is 1. The molecule has 0 unspecified atom stereocenters. The van der Waals surface area contributed by atoms with Gasteiger partial charge in [0.05, 0.1) is 6.61 Å². The highest BCUT2D eigenvalue weighted by Crippen LogP contribution is 2.29. The predicted octanol–water partition coefficient (Wildman–Crippen LogP) is 2.42. The SMILES string of the molecule is Cc1noc(C)c1S(=O)(=O)Nc1ccc2c(c1)CCCO2. The van der Waals surface area contributed by atoms with Crippen molar-refractivity contribution >= 4 is 15.7 Å². The Kier molecular flexibility index (Phi) is 3.36. The minimum absolute atomic E-state index is 0.0940. The highest BCUT2D eigenvalue weighted by molar-refractivity contribution is 7.92. The molecule has 2 aromatic rings. The summed E-state index contributed by atoms with van der Waals surface area (Å²) in [5.74, 6) is 1.10. The molecule has 0 spiro atoms. The molecular formula is C14H16N2O4S. The number of nitrogens with one attached hydrogen (secondary N) is 1.